The van der Waals surface area contributed by atoms with Crippen LogP contribution in [0.4, 0.5) is 0 Å². The van der Waals surface area contributed by atoms with Crippen molar-refractivity contribution < 1.29 is 0 Å². The summed E-state index contributed by atoms with van der Waals surface area (Å²) in [5.74, 6) is 0. The summed E-state index contributed by atoms with van der Waals surface area (Å²) < 4.78 is 1.17. The summed E-state index contributed by atoms with van der Waals surface area (Å²) in [4.78, 5) is 8.62. The van der Waals surface area contributed by atoms with E-state index in [4.69, 9.17) is 0 Å². The number of fused-ring (bicyclic) bond motifs is 1. The third kappa shape index (κ3) is 1.21. The molecule has 2 nitrogen and oxygen atoms in total. The minimum absolute atomic E-state index is 0.851. The van der Waals surface area contributed by atoms with Crippen LogP contribution in [0.1, 0.15) is 5.56 Å². The highest BCUT2D eigenvalue weighted by Crippen LogP contribution is 2.24. The van der Waals surface area contributed by atoms with E-state index in [0.29, 0.717) is 0 Å². The van der Waals surface area contributed by atoms with Crippen LogP contribution in [0.2, 0.25) is 0 Å². The maximum Gasteiger partial charge on any atom is 0.187 e. The quantitative estimate of drug-likeness (QED) is 0.518. The van der Waals surface area contributed by atoms with E-state index in [1.807, 2.05) is 12.5 Å². The van der Waals surface area contributed by atoms with Gasteiger partial charge < -0.3 is 0 Å². The molecule has 4 heteroatoms. The highest BCUT2D eigenvalue weighted by Gasteiger charge is 2.02. The van der Waals surface area contributed by atoms with Gasteiger partial charge >= 0.3 is 0 Å². The van der Waals surface area contributed by atoms with Gasteiger partial charge in [-0.3, -0.25) is 0 Å². The molecule has 12 heavy (non-hydrogen) atoms. The molecule has 0 fully saturated rings. The van der Waals surface area contributed by atoms with Crippen molar-refractivity contribution in [3.63, 3.8) is 0 Å². The van der Waals surface area contributed by atoms with Crippen LogP contribution in [0.3, 0.4) is 0 Å². The summed E-state index contributed by atoms with van der Waals surface area (Å²) in [5, 5.41) is 2.97. The SMILES string of the molecule is CSc1ncc2scc(C)c2n1. The van der Waals surface area contributed by atoms with E-state index in [-0.39, 0.29) is 0 Å². The van der Waals surface area contributed by atoms with Gasteiger partial charge in [0.2, 0.25) is 0 Å². The summed E-state index contributed by atoms with van der Waals surface area (Å²) in [6.07, 6.45) is 3.88. The van der Waals surface area contributed by atoms with Crippen molar-refractivity contribution in [1.82, 2.24) is 9.97 Å². The van der Waals surface area contributed by atoms with Crippen LogP contribution in [0.25, 0.3) is 10.2 Å². The molecule has 0 bridgehead atoms. The zero-order valence-corrected chi connectivity index (χ0v) is 8.50. The van der Waals surface area contributed by atoms with Crippen LogP contribution in [-0.4, -0.2) is 16.2 Å². The molecule has 0 saturated carbocycles. The molecule has 0 atom stereocenters. The average molecular weight is 196 g/mol. The molecular formula is C8H8N2S2. The third-order valence-corrected chi connectivity index (χ3v) is 3.24. The monoisotopic (exact) mass is 196 g/mol. The van der Waals surface area contributed by atoms with Gasteiger partial charge in [-0.1, -0.05) is 11.8 Å². The Balaban J connectivity index is 2.71. The minimum atomic E-state index is 0.851. The van der Waals surface area contributed by atoms with Gasteiger partial charge in [-0.05, 0) is 24.1 Å². The summed E-state index contributed by atoms with van der Waals surface area (Å²) in [6.45, 7) is 2.08. The molecule has 0 aromatic carbocycles. The van der Waals surface area contributed by atoms with E-state index >= 15 is 0 Å². The van der Waals surface area contributed by atoms with E-state index in [0.717, 1.165) is 10.7 Å². The van der Waals surface area contributed by atoms with Crippen molar-refractivity contribution in [3.05, 3.63) is 17.1 Å². The van der Waals surface area contributed by atoms with Crippen LogP contribution >= 0.6 is 23.1 Å². The van der Waals surface area contributed by atoms with Crippen molar-refractivity contribution in [1.29, 1.82) is 0 Å². The molecule has 0 aliphatic heterocycles. The van der Waals surface area contributed by atoms with Gasteiger partial charge in [0.25, 0.3) is 0 Å². The predicted octanol–water partition coefficient (Wildman–Crippen LogP) is 2.72. The van der Waals surface area contributed by atoms with E-state index in [9.17, 15) is 0 Å². The summed E-state index contributed by atoms with van der Waals surface area (Å²) in [6, 6.07) is 0. The lowest BCUT2D eigenvalue weighted by Gasteiger charge is -1.94. The fourth-order valence-corrected chi connectivity index (χ4v) is 2.22. The standard InChI is InChI=1S/C8H8N2S2/c1-5-4-12-6-3-9-8(11-2)10-7(5)6/h3-4H,1-2H3. The Labute approximate surface area is 79.0 Å². The lowest BCUT2D eigenvalue weighted by Crippen LogP contribution is -1.84. The first-order valence-corrected chi connectivity index (χ1v) is 5.66. The summed E-state index contributed by atoms with van der Waals surface area (Å²) in [7, 11) is 0. The predicted molar refractivity (Wildman–Crippen MR) is 53.9 cm³/mol. The van der Waals surface area contributed by atoms with E-state index in [1.54, 1.807) is 23.1 Å². The number of thioether (sulfide) groups is 1. The van der Waals surface area contributed by atoms with Crippen molar-refractivity contribution >= 4 is 33.3 Å². The summed E-state index contributed by atoms with van der Waals surface area (Å²) >= 11 is 3.28. The number of hydrogen-bond acceptors (Lipinski definition) is 4. The highest BCUT2D eigenvalue weighted by molar-refractivity contribution is 7.98. The van der Waals surface area contributed by atoms with Crippen LogP contribution < -0.4 is 0 Å². The fraction of sp³-hybridized carbons (Fsp3) is 0.250. The Bertz CT molecular complexity index is 408. The molecule has 2 aromatic heterocycles. The number of thiophene rings is 1. The van der Waals surface area contributed by atoms with Gasteiger partial charge in [0, 0.05) is 6.20 Å². The molecule has 0 aliphatic rings. The summed E-state index contributed by atoms with van der Waals surface area (Å²) in [5.41, 5.74) is 2.34. The Morgan fingerprint density at radius 3 is 3.08 bits per heavy atom. The first kappa shape index (κ1) is 8.01. The molecule has 0 saturated heterocycles. The molecular weight excluding hydrogens is 188 g/mol. The molecule has 2 aromatic rings. The maximum absolute atomic E-state index is 4.42. The lowest BCUT2D eigenvalue weighted by atomic mass is 10.3. The van der Waals surface area contributed by atoms with E-state index < -0.39 is 0 Å². The fourth-order valence-electron chi connectivity index (χ4n) is 1.03. The number of aromatic nitrogens is 2. The minimum Gasteiger partial charge on any atom is -0.230 e. The highest BCUT2D eigenvalue weighted by atomic mass is 32.2. The smallest absolute Gasteiger partial charge is 0.187 e. The van der Waals surface area contributed by atoms with Crippen molar-refractivity contribution in [2.24, 2.45) is 0 Å². The number of hydrogen-bond donors (Lipinski definition) is 0. The Morgan fingerprint density at radius 1 is 1.50 bits per heavy atom. The zero-order valence-electron chi connectivity index (χ0n) is 6.87. The van der Waals surface area contributed by atoms with Crippen molar-refractivity contribution in [2.45, 2.75) is 12.1 Å². The second-order valence-corrected chi connectivity index (χ2v) is 4.17. The lowest BCUT2D eigenvalue weighted by molar-refractivity contribution is 1.01. The second-order valence-electron chi connectivity index (χ2n) is 2.49. The number of aryl methyl sites for hydroxylation is 1. The second kappa shape index (κ2) is 3.03. The molecule has 0 spiro atoms. The van der Waals surface area contributed by atoms with Gasteiger partial charge in [-0.15, -0.1) is 11.3 Å². The Hall–Kier alpha value is -0.610. The number of rotatable bonds is 1. The Morgan fingerprint density at radius 2 is 2.33 bits per heavy atom. The zero-order chi connectivity index (χ0) is 8.55. The molecule has 62 valence electrons. The molecule has 0 radical (unpaired) electrons. The molecule has 0 unspecified atom stereocenters. The molecule has 0 N–H and O–H groups in total. The van der Waals surface area contributed by atoms with Gasteiger partial charge in [-0.2, -0.15) is 0 Å². The third-order valence-electron chi connectivity index (χ3n) is 1.65. The van der Waals surface area contributed by atoms with Gasteiger partial charge in [-0.25, -0.2) is 9.97 Å². The van der Waals surface area contributed by atoms with Gasteiger partial charge in [0.15, 0.2) is 5.16 Å². The van der Waals surface area contributed by atoms with Crippen molar-refractivity contribution in [3.8, 4) is 0 Å². The molecule has 2 heterocycles. The van der Waals surface area contributed by atoms with Crippen LogP contribution in [0.15, 0.2) is 16.7 Å². The van der Waals surface area contributed by atoms with E-state index in [1.165, 1.54) is 10.3 Å². The number of nitrogens with zero attached hydrogens (tertiary/aromatic N) is 2. The normalized spacial score (nSPS) is 10.8. The first-order chi connectivity index (χ1) is 5.81. The maximum atomic E-state index is 4.42. The van der Waals surface area contributed by atoms with Crippen LogP contribution in [-0.2, 0) is 0 Å². The largest absolute Gasteiger partial charge is 0.230 e. The molecule has 0 amide bonds. The van der Waals surface area contributed by atoms with Gasteiger partial charge in [0.1, 0.15) is 0 Å². The van der Waals surface area contributed by atoms with Crippen molar-refractivity contribution in [2.75, 3.05) is 6.26 Å². The topological polar surface area (TPSA) is 25.8 Å². The molecule has 2 rings (SSSR count). The van der Waals surface area contributed by atoms with Gasteiger partial charge in [0.05, 0.1) is 10.2 Å². The van der Waals surface area contributed by atoms with Crippen LogP contribution in [0.5, 0.6) is 0 Å². The molecule has 0 aliphatic carbocycles. The first-order valence-electron chi connectivity index (χ1n) is 3.56. The average Bonchev–Trinajstić information content (AvgIpc) is 2.47. The van der Waals surface area contributed by atoms with Crippen LogP contribution in [0, 0.1) is 6.92 Å². The Kier molecular flexibility index (Phi) is 2.02. The van der Waals surface area contributed by atoms with E-state index in [2.05, 4.69) is 22.3 Å².